The minimum Gasteiger partial charge on any atom is -0.368 e. The molecule has 4 aromatic rings. The number of para-hydroxylation sites is 1. The van der Waals surface area contributed by atoms with E-state index in [1.54, 1.807) is 31.2 Å². The van der Waals surface area contributed by atoms with Gasteiger partial charge in [-0.3, -0.25) is 9.52 Å². The van der Waals surface area contributed by atoms with Crippen molar-refractivity contribution in [2.24, 2.45) is 0 Å². The summed E-state index contributed by atoms with van der Waals surface area (Å²) in [7, 11) is -3.73. The van der Waals surface area contributed by atoms with Crippen LogP contribution in [0.5, 0.6) is 0 Å². The van der Waals surface area contributed by atoms with Gasteiger partial charge >= 0.3 is 0 Å². The van der Waals surface area contributed by atoms with Gasteiger partial charge < -0.3 is 14.4 Å². The molecule has 1 aliphatic rings. The van der Waals surface area contributed by atoms with Gasteiger partial charge in [-0.15, -0.1) is 0 Å². The molecular weight excluding hydrogens is 484 g/mol. The van der Waals surface area contributed by atoms with Gasteiger partial charge in [0.05, 0.1) is 4.90 Å². The van der Waals surface area contributed by atoms with Crippen molar-refractivity contribution in [1.29, 1.82) is 0 Å². The summed E-state index contributed by atoms with van der Waals surface area (Å²) in [6.45, 7) is 6.23. The van der Waals surface area contributed by atoms with Crippen LogP contribution in [-0.2, 0) is 14.8 Å². The Labute approximate surface area is 208 Å². The Morgan fingerprint density at radius 2 is 1.74 bits per heavy atom. The molecule has 0 saturated carbocycles. The van der Waals surface area contributed by atoms with Crippen molar-refractivity contribution in [2.45, 2.75) is 24.8 Å². The van der Waals surface area contributed by atoms with Gasteiger partial charge in [0, 0.05) is 55.1 Å². The SMILES string of the molecule is Cc1nsc(NS(=O)(=O)c2ccc(N3CCN(C(=O)C(C)n4ccc5ccccc54)CC3)cc2)n1. The van der Waals surface area contributed by atoms with Crippen molar-refractivity contribution < 1.29 is 13.2 Å². The zero-order chi connectivity index (χ0) is 24.6. The van der Waals surface area contributed by atoms with Crippen molar-refractivity contribution in [2.75, 3.05) is 35.8 Å². The van der Waals surface area contributed by atoms with Crippen LogP contribution in [0.1, 0.15) is 18.8 Å². The van der Waals surface area contributed by atoms with E-state index in [0.29, 0.717) is 32.0 Å². The average Bonchev–Trinajstić information content (AvgIpc) is 3.49. The molecule has 5 rings (SSSR count). The lowest BCUT2D eigenvalue weighted by molar-refractivity contribution is -0.134. The normalized spacial score (nSPS) is 15.4. The second-order valence-corrected chi connectivity index (χ2v) is 11.0. The topological polar surface area (TPSA) is 100 Å². The van der Waals surface area contributed by atoms with E-state index in [-0.39, 0.29) is 22.0 Å². The highest BCUT2D eigenvalue weighted by molar-refractivity contribution is 7.93. The molecule has 3 heterocycles. The average molecular weight is 511 g/mol. The predicted molar refractivity (Wildman–Crippen MR) is 137 cm³/mol. The third-order valence-corrected chi connectivity index (χ3v) is 8.46. The number of aromatic nitrogens is 3. The number of fused-ring (bicyclic) bond motifs is 1. The lowest BCUT2D eigenvalue weighted by Gasteiger charge is -2.37. The number of benzene rings is 2. The number of carbonyl (C=O) groups excluding carboxylic acids is 1. The number of nitrogens with one attached hydrogen (secondary N) is 1. The van der Waals surface area contributed by atoms with Crippen LogP contribution >= 0.6 is 11.5 Å². The van der Waals surface area contributed by atoms with E-state index in [2.05, 4.69) is 19.0 Å². The van der Waals surface area contributed by atoms with E-state index >= 15 is 0 Å². The van der Waals surface area contributed by atoms with E-state index in [1.807, 2.05) is 52.9 Å². The number of anilines is 2. The molecule has 1 fully saturated rings. The number of amides is 1. The van der Waals surface area contributed by atoms with E-state index in [0.717, 1.165) is 28.1 Å². The number of carbonyl (C=O) groups is 1. The Morgan fingerprint density at radius 3 is 2.43 bits per heavy atom. The Hall–Kier alpha value is -3.44. The number of sulfonamides is 1. The van der Waals surface area contributed by atoms with E-state index < -0.39 is 10.0 Å². The highest BCUT2D eigenvalue weighted by Crippen LogP contribution is 2.24. The zero-order valence-corrected chi connectivity index (χ0v) is 21.1. The van der Waals surface area contributed by atoms with Crippen molar-refractivity contribution >= 4 is 49.2 Å². The van der Waals surface area contributed by atoms with Gasteiger partial charge in [-0.1, -0.05) is 18.2 Å². The second kappa shape index (κ2) is 9.31. The molecule has 0 bridgehead atoms. The van der Waals surface area contributed by atoms with Crippen LogP contribution in [0.3, 0.4) is 0 Å². The van der Waals surface area contributed by atoms with Gasteiger partial charge in [-0.05, 0) is 55.6 Å². The van der Waals surface area contributed by atoms with E-state index in [4.69, 9.17) is 0 Å². The molecule has 1 atom stereocenters. The summed E-state index contributed by atoms with van der Waals surface area (Å²) in [5.41, 5.74) is 1.98. The number of rotatable bonds is 6. The maximum atomic E-state index is 13.2. The molecule has 0 spiro atoms. The first-order valence-corrected chi connectivity index (χ1v) is 13.6. The largest absolute Gasteiger partial charge is 0.368 e. The highest BCUT2D eigenvalue weighted by Gasteiger charge is 2.27. The lowest BCUT2D eigenvalue weighted by atomic mass is 10.2. The Kier molecular flexibility index (Phi) is 6.20. The van der Waals surface area contributed by atoms with Crippen LogP contribution in [-0.4, -0.2) is 59.3 Å². The molecule has 11 heteroatoms. The minimum absolute atomic E-state index is 0.102. The number of hydrogen-bond donors (Lipinski definition) is 1. The molecule has 35 heavy (non-hydrogen) atoms. The maximum absolute atomic E-state index is 13.2. The zero-order valence-electron chi connectivity index (χ0n) is 19.5. The number of piperazine rings is 1. The van der Waals surface area contributed by atoms with Crippen molar-refractivity contribution in [3.8, 4) is 0 Å². The van der Waals surface area contributed by atoms with Crippen LogP contribution in [0.2, 0.25) is 0 Å². The fourth-order valence-electron chi connectivity index (χ4n) is 4.36. The molecule has 1 amide bonds. The van der Waals surface area contributed by atoms with Gasteiger partial charge in [0.2, 0.25) is 11.0 Å². The maximum Gasteiger partial charge on any atom is 0.263 e. The summed E-state index contributed by atoms with van der Waals surface area (Å²) >= 11 is 1.01. The molecule has 182 valence electrons. The summed E-state index contributed by atoms with van der Waals surface area (Å²) in [6, 6.07) is 16.6. The predicted octanol–water partition coefficient (Wildman–Crippen LogP) is 3.51. The molecule has 1 aliphatic heterocycles. The monoisotopic (exact) mass is 510 g/mol. The molecule has 2 aromatic carbocycles. The van der Waals surface area contributed by atoms with Crippen LogP contribution in [0.4, 0.5) is 10.8 Å². The van der Waals surface area contributed by atoms with Gasteiger partial charge in [-0.25, -0.2) is 13.4 Å². The van der Waals surface area contributed by atoms with Crippen LogP contribution < -0.4 is 9.62 Å². The van der Waals surface area contributed by atoms with Gasteiger partial charge in [0.15, 0.2) is 0 Å². The summed E-state index contributed by atoms with van der Waals surface area (Å²) in [5.74, 6) is 0.627. The van der Waals surface area contributed by atoms with E-state index in [1.165, 1.54) is 0 Å². The minimum atomic E-state index is -3.73. The molecule has 1 N–H and O–H groups in total. The lowest BCUT2D eigenvalue weighted by Crippen LogP contribution is -2.50. The van der Waals surface area contributed by atoms with Crippen molar-refractivity contribution in [3.05, 3.63) is 66.6 Å². The molecule has 1 unspecified atom stereocenters. The van der Waals surface area contributed by atoms with Crippen molar-refractivity contribution in [1.82, 2.24) is 18.8 Å². The summed E-state index contributed by atoms with van der Waals surface area (Å²) in [4.78, 5) is 21.5. The number of hydrogen-bond acceptors (Lipinski definition) is 7. The van der Waals surface area contributed by atoms with Gasteiger partial charge in [0.1, 0.15) is 11.9 Å². The molecule has 9 nitrogen and oxygen atoms in total. The Bertz CT molecular complexity index is 1450. The molecular formula is C24H26N6O3S2. The van der Waals surface area contributed by atoms with Gasteiger partial charge in [0.25, 0.3) is 10.0 Å². The Balaban J connectivity index is 1.21. The molecule has 2 aromatic heterocycles. The Morgan fingerprint density at radius 1 is 1.03 bits per heavy atom. The fourth-order valence-corrected chi connectivity index (χ4v) is 6.16. The molecule has 0 radical (unpaired) electrons. The third-order valence-electron chi connectivity index (χ3n) is 6.26. The first-order valence-electron chi connectivity index (χ1n) is 11.3. The van der Waals surface area contributed by atoms with Crippen LogP contribution in [0.15, 0.2) is 65.7 Å². The number of nitrogens with zero attached hydrogens (tertiary/aromatic N) is 5. The van der Waals surface area contributed by atoms with Gasteiger partial charge in [-0.2, -0.15) is 4.37 Å². The number of aryl methyl sites for hydroxylation is 1. The smallest absolute Gasteiger partial charge is 0.263 e. The molecule has 0 aliphatic carbocycles. The first-order chi connectivity index (χ1) is 16.8. The van der Waals surface area contributed by atoms with Crippen LogP contribution in [0, 0.1) is 6.92 Å². The standard InChI is InChI=1S/C24H26N6O3S2/c1-17(30-12-11-19-5-3-4-6-22(19)30)23(31)29-15-13-28(14-16-29)20-7-9-21(10-8-20)35(32,33)27-24-25-18(2)26-34-24/h3-12,17H,13-16H2,1-2H3,(H,25,26,27). The summed E-state index contributed by atoms with van der Waals surface area (Å²) < 4.78 is 33.7. The fraction of sp³-hybridized carbons (Fsp3) is 0.292. The second-order valence-electron chi connectivity index (χ2n) is 8.52. The highest BCUT2D eigenvalue weighted by atomic mass is 32.2. The summed E-state index contributed by atoms with van der Waals surface area (Å²) in [5, 5.41) is 1.37. The quantitative estimate of drug-likeness (QED) is 0.426. The van der Waals surface area contributed by atoms with Crippen molar-refractivity contribution in [3.63, 3.8) is 0 Å². The third kappa shape index (κ3) is 4.73. The molecule has 1 saturated heterocycles. The first kappa shape index (κ1) is 23.3. The summed E-state index contributed by atoms with van der Waals surface area (Å²) in [6.07, 6.45) is 1.97. The van der Waals surface area contributed by atoms with Crippen LogP contribution in [0.25, 0.3) is 10.9 Å². The van der Waals surface area contributed by atoms with E-state index in [9.17, 15) is 13.2 Å².